The third-order valence-corrected chi connectivity index (χ3v) is 6.56. The molecule has 0 bridgehead atoms. The van der Waals surface area contributed by atoms with E-state index in [0.717, 1.165) is 10.6 Å². The number of methoxy groups -OCH3 is 2. The Morgan fingerprint density at radius 3 is 2.14 bits per heavy atom. The van der Waals surface area contributed by atoms with Crippen LogP contribution < -0.4 is 19.1 Å². The quantitative estimate of drug-likeness (QED) is 0.459. The van der Waals surface area contributed by atoms with E-state index in [9.17, 15) is 22.4 Å². The highest BCUT2D eigenvalue weighted by Gasteiger charge is 2.32. The van der Waals surface area contributed by atoms with Crippen molar-refractivity contribution in [3.8, 4) is 11.5 Å². The molecule has 0 saturated heterocycles. The van der Waals surface area contributed by atoms with Crippen LogP contribution in [0.4, 0.5) is 10.1 Å². The van der Waals surface area contributed by atoms with Crippen LogP contribution in [0.1, 0.15) is 32.8 Å². The van der Waals surface area contributed by atoms with Gasteiger partial charge in [-0.15, -0.1) is 0 Å². The highest BCUT2D eigenvalue weighted by atomic mass is 32.2. The summed E-state index contributed by atoms with van der Waals surface area (Å²) in [5.41, 5.74) is 0.794. The smallest absolute Gasteiger partial charge is 0.244 e. The molecule has 0 aliphatic rings. The fraction of sp³-hybridized carbons (Fsp3) is 0.440. The molecule has 36 heavy (non-hydrogen) atoms. The number of benzene rings is 2. The van der Waals surface area contributed by atoms with Crippen molar-refractivity contribution in [1.29, 1.82) is 0 Å². The summed E-state index contributed by atoms with van der Waals surface area (Å²) in [5.74, 6) is -0.694. The normalized spacial score (nSPS) is 12.1. The van der Waals surface area contributed by atoms with Crippen LogP contribution in [0.5, 0.6) is 11.5 Å². The molecule has 2 aromatic carbocycles. The molecular weight excluding hydrogens is 489 g/mol. The van der Waals surface area contributed by atoms with Crippen molar-refractivity contribution in [2.75, 3.05) is 31.3 Å². The molecule has 2 amide bonds. The van der Waals surface area contributed by atoms with Gasteiger partial charge in [0.15, 0.2) is 11.5 Å². The number of anilines is 1. The van der Waals surface area contributed by atoms with Gasteiger partial charge >= 0.3 is 0 Å². The Hall–Kier alpha value is -3.34. The second kappa shape index (κ2) is 12.6. The fourth-order valence-corrected chi connectivity index (χ4v) is 4.52. The van der Waals surface area contributed by atoms with Crippen molar-refractivity contribution in [3.63, 3.8) is 0 Å². The highest BCUT2D eigenvalue weighted by molar-refractivity contribution is 7.92. The van der Waals surface area contributed by atoms with Crippen LogP contribution in [0.15, 0.2) is 42.5 Å². The number of sulfonamides is 1. The van der Waals surface area contributed by atoms with Gasteiger partial charge in [-0.3, -0.25) is 13.9 Å². The molecule has 0 heterocycles. The molecule has 1 atom stereocenters. The highest BCUT2D eigenvalue weighted by Crippen LogP contribution is 2.32. The Labute approximate surface area is 212 Å². The van der Waals surface area contributed by atoms with E-state index in [1.165, 1.54) is 61.6 Å². The van der Waals surface area contributed by atoms with E-state index in [1.54, 1.807) is 20.8 Å². The van der Waals surface area contributed by atoms with Gasteiger partial charge < -0.3 is 19.7 Å². The molecule has 2 aromatic rings. The van der Waals surface area contributed by atoms with Crippen LogP contribution in [-0.4, -0.2) is 64.2 Å². The van der Waals surface area contributed by atoms with Gasteiger partial charge in [0.25, 0.3) is 0 Å². The molecule has 0 aliphatic carbocycles. The summed E-state index contributed by atoms with van der Waals surface area (Å²) in [6, 6.07) is 9.04. The monoisotopic (exact) mass is 523 g/mol. The van der Waals surface area contributed by atoms with Gasteiger partial charge in [-0.2, -0.15) is 0 Å². The van der Waals surface area contributed by atoms with Crippen LogP contribution >= 0.6 is 0 Å². The first-order chi connectivity index (χ1) is 16.9. The van der Waals surface area contributed by atoms with Crippen LogP contribution in [-0.2, 0) is 26.2 Å². The molecule has 198 valence electrons. The van der Waals surface area contributed by atoms with Crippen molar-refractivity contribution in [1.82, 2.24) is 10.2 Å². The average Bonchev–Trinajstić information content (AvgIpc) is 2.81. The zero-order valence-corrected chi connectivity index (χ0v) is 22.3. The molecule has 0 fully saturated rings. The second-order valence-electron chi connectivity index (χ2n) is 8.54. The van der Waals surface area contributed by atoms with E-state index in [0.29, 0.717) is 23.5 Å². The summed E-state index contributed by atoms with van der Waals surface area (Å²) in [4.78, 5) is 27.9. The third kappa shape index (κ3) is 7.58. The summed E-state index contributed by atoms with van der Waals surface area (Å²) in [6.45, 7) is 4.81. The van der Waals surface area contributed by atoms with Crippen LogP contribution in [0.25, 0.3) is 0 Å². The number of halogens is 1. The Kier molecular flexibility index (Phi) is 10.1. The summed E-state index contributed by atoms with van der Waals surface area (Å²) < 4.78 is 50.3. The number of hydrogen-bond donors (Lipinski definition) is 1. The second-order valence-corrected chi connectivity index (χ2v) is 10.5. The summed E-state index contributed by atoms with van der Waals surface area (Å²) in [5, 5.41) is 2.81. The maximum Gasteiger partial charge on any atom is 0.244 e. The molecule has 0 aromatic heterocycles. The molecule has 1 N–H and O–H groups in total. The number of rotatable bonds is 12. The Balaban J connectivity index is 2.48. The van der Waals surface area contributed by atoms with E-state index in [1.807, 2.05) is 0 Å². The van der Waals surface area contributed by atoms with Crippen molar-refractivity contribution in [2.24, 2.45) is 0 Å². The van der Waals surface area contributed by atoms with Crippen molar-refractivity contribution in [2.45, 2.75) is 45.8 Å². The Morgan fingerprint density at radius 2 is 1.64 bits per heavy atom. The minimum absolute atomic E-state index is 0.00727. The number of ether oxygens (including phenoxy) is 2. The Bertz CT molecular complexity index is 1150. The minimum Gasteiger partial charge on any atom is -0.493 e. The third-order valence-electron chi connectivity index (χ3n) is 5.42. The molecule has 0 saturated carbocycles. The molecule has 0 radical (unpaired) electrons. The molecule has 0 spiro atoms. The van der Waals surface area contributed by atoms with Crippen molar-refractivity contribution < 1.29 is 31.9 Å². The first-order valence-corrected chi connectivity index (χ1v) is 13.3. The van der Waals surface area contributed by atoms with Crippen molar-refractivity contribution >= 4 is 27.5 Å². The summed E-state index contributed by atoms with van der Waals surface area (Å²) >= 11 is 0. The lowest BCUT2D eigenvalue weighted by Crippen LogP contribution is -2.53. The predicted molar refractivity (Wildman–Crippen MR) is 136 cm³/mol. The van der Waals surface area contributed by atoms with Gasteiger partial charge in [-0.05, 0) is 50.1 Å². The lowest BCUT2D eigenvalue weighted by Gasteiger charge is -2.33. The van der Waals surface area contributed by atoms with Gasteiger partial charge in [0, 0.05) is 18.7 Å². The Morgan fingerprint density at radius 1 is 1.03 bits per heavy atom. The minimum atomic E-state index is -3.90. The largest absolute Gasteiger partial charge is 0.493 e. The van der Waals surface area contributed by atoms with E-state index in [2.05, 4.69) is 5.32 Å². The topological polar surface area (TPSA) is 105 Å². The maximum atomic E-state index is 13.6. The van der Waals surface area contributed by atoms with E-state index in [4.69, 9.17) is 9.47 Å². The van der Waals surface area contributed by atoms with E-state index in [-0.39, 0.29) is 24.2 Å². The number of carbonyl (C=O) groups excluding carboxylic acids is 2. The van der Waals surface area contributed by atoms with Gasteiger partial charge in [-0.25, -0.2) is 12.8 Å². The standard InChI is InChI=1S/C25H34FN3O6S/c1-7-21(25(31)27-17(2)3)28(15-18-8-10-19(26)11-9-18)24(30)16-29(36(6,32)33)20-12-13-22(34-4)23(14-20)35-5/h8-14,17,21H,7,15-16H2,1-6H3,(H,27,31)/t21-/m0/s1. The maximum absolute atomic E-state index is 13.6. The summed E-state index contributed by atoms with van der Waals surface area (Å²) in [7, 11) is -1.03. The van der Waals surface area contributed by atoms with Gasteiger partial charge in [0.2, 0.25) is 21.8 Å². The first kappa shape index (κ1) is 28.9. The average molecular weight is 524 g/mol. The van der Waals surface area contributed by atoms with Gasteiger partial charge in [-0.1, -0.05) is 19.1 Å². The lowest BCUT2D eigenvalue weighted by atomic mass is 10.1. The van der Waals surface area contributed by atoms with Crippen molar-refractivity contribution in [3.05, 3.63) is 53.8 Å². The molecule has 9 nitrogen and oxygen atoms in total. The number of carbonyl (C=O) groups is 2. The molecule has 0 unspecified atom stereocenters. The first-order valence-electron chi connectivity index (χ1n) is 11.4. The van der Waals surface area contributed by atoms with Gasteiger partial charge in [0.05, 0.1) is 26.2 Å². The number of amides is 2. The van der Waals surface area contributed by atoms with E-state index < -0.39 is 34.3 Å². The van der Waals surface area contributed by atoms with E-state index >= 15 is 0 Å². The molecule has 11 heteroatoms. The zero-order chi connectivity index (χ0) is 27.0. The van der Waals surface area contributed by atoms with Gasteiger partial charge in [0.1, 0.15) is 18.4 Å². The summed E-state index contributed by atoms with van der Waals surface area (Å²) in [6.07, 6.45) is 1.28. The number of nitrogens with one attached hydrogen (secondary N) is 1. The van der Waals surface area contributed by atoms with Crippen LogP contribution in [0, 0.1) is 5.82 Å². The molecular formula is C25H34FN3O6S. The van der Waals surface area contributed by atoms with Crippen LogP contribution in [0.3, 0.4) is 0 Å². The number of nitrogens with zero attached hydrogens (tertiary/aromatic N) is 2. The SMILES string of the molecule is CC[C@@H](C(=O)NC(C)C)N(Cc1ccc(F)cc1)C(=O)CN(c1ccc(OC)c(OC)c1)S(C)(=O)=O. The fourth-order valence-electron chi connectivity index (χ4n) is 3.68. The van der Waals surface area contributed by atoms with Crippen LogP contribution in [0.2, 0.25) is 0 Å². The zero-order valence-electron chi connectivity index (χ0n) is 21.4. The molecule has 0 aliphatic heterocycles. The molecule has 2 rings (SSSR count). The lowest BCUT2D eigenvalue weighted by molar-refractivity contribution is -0.140. The number of hydrogen-bond acceptors (Lipinski definition) is 6. The predicted octanol–water partition coefficient (Wildman–Crippen LogP) is 2.94.